The Hall–Kier alpha value is -2.98. The van der Waals surface area contributed by atoms with Crippen LogP contribution in [0.3, 0.4) is 0 Å². The van der Waals surface area contributed by atoms with Gasteiger partial charge in [0.05, 0.1) is 0 Å². The summed E-state index contributed by atoms with van der Waals surface area (Å²) in [5.74, 6) is 0. The predicted octanol–water partition coefficient (Wildman–Crippen LogP) is 5.09. The van der Waals surface area contributed by atoms with Gasteiger partial charge in [-0.2, -0.15) is 0 Å². The van der Waals surface area contributed by atoms with Gasteiger partial charge in [0.2, 0.25) is 0 Å². The van der Waals surface area contributed by atoms with Gasteiger partial charge in [-0.15, -0.1) is 0 Å². The molecule has 4 aromatic rings. The van der Waals surface area contributed by atoms with E-state index < -0.39 is 13.9 Å². The third-order valence-electron chi connectivity index (χ3n) is 6.97. The van der Waals surface area contributed by atoms with Crippen molar-refractivity contribution in [2.24, 2.45) is 0 Å². The second kappa shape index (κ2) is 9.48. The van der Waals surface area contributed by atoms with Crippen molar-refractivity contribution >= 4 is 18.7 Å². The highest BCUT2D eigenvalue weighted by Crippen LogP contribution is 2.42. The van der Waals surface area contributed by atoms with Gasteiger partial charge in [-0.25, -0.2) is 0 Å². The molecule has 0 amide bonds. The van der Waals surface area contributed by atoms with E-state index in [2.05, 4.69) is 133 Å². The summed E-state index contributed by atoms with van der Waals surface area (Å²) in [6, 6.07) is 43.5. The van der Waals surface area contributed by atoms with Gasteiger partial charge in [-0.05, 0) is 47.4 Å². The molecule has 0 saturated carbocycles. The molecule has 1 aliphatic heterocycles. The largest absolute Gasteiger partial charge is 0.393 e. The molecule has 0 aromatic heterocycles. The minimum atomic E-state index is -2.61. The SMILES string of the molecule is C[Si](OC(c1ccccc1)(c1ccccc1)[C@@H]1CCCN1)(c1ccccc1)c1ccccc1. The molecule has 2 nitrogen and oxygen atoms in total. The van der Waals surface area contributed by atoms with Crippen LogP contribution in [-0.4, -0.2) is 20.9 Å². The summed E-state index contributed by atoms with van der Waals surface area (Å²) in [7, 11) is -2.61. The topological polar surface area (TPSA) is 21.3 Å². The molecule has 0 aliphatic carbocycles. The van der Waals surface area contributed by atoms with Crippen LogP contribution in [0.5, 0.6) is 0 Å². The van der Waals surface area contributed by atoms with Gasteiger partial charge in [0, 0.05) is 6.04 Å². The van der Waals surface area contributed by atoms with E-state index in [1.54, 1.807) is 0 Å². The quantitative estimate of drug-likeness (QED) is 0.397. The van der Waals surface area contributed by atoms with Gasteiger partial charge < -0.3 is 9.74 Å². The Kier molecular flexibility index (Phi) is 6.27. The summed E-state index contributed by atoms with van der Waals surface area (Å²) >= 11 is 0. The van der Waals surface area contributed by atoms with Crippen LogP contribution in [0.25, 0.3) is 0 Å². The number of hydrogen-bond donors (Lipinski definition) is 1. The Balaban J connectivity index is 1.77. The average molecular weight is 450 g/mol. The Morgan fingerprint density at radius 2 is 1.09 bits per heavy atom. The zero-order valence-electron chi connectivity index (χ0n) is 19.2. The third kappa shape index (κ3) is 4.08. The smallest absolute Gasteiger partial charge is 0.254 e. The second-order valence-electron chi connectivity index (χ2n) is 8.98. The molecule has 3 heteroatoms. The molecule has 5 rings (SSSR count). The van der Waals surface area contributed by atoms with Crippen LogP contribution < -0.4 is 15.7 Å². The molecule has 33 heavy (non-hydrogen) atoms. The van der Waals surface area contributed by atoms with Crippen molar-refractivity contribution in [3.8, 4) is 0 Å². The lowest BCUT2D eigenvalue weighted by Crippen LogP contribution is -2.65. The molecule has 166 valence electrons. The lowest BCUT2D eigenvalue weighted by atomic mass is 9.79. The fraction of sp³-hybridized carbons (Fsp3) is 0.200. The molecule has 4 aromatic carbocycles. The van der Waals surface area contributed by atoms with Crippen LogP contribution in [0.4, 0.5) is 0 Å². The van der Waals surface area contributed by atoms with Crippen LogP contribution in [0.1, 0.15) is 24.0 Å². The normalized spacial score (nSPS) is 16.6. The van der Waals surface area contributed by atoms with Gasteiger partial charge in [0.15, 0.2) is 0 Å². The lowest BCUT2D eigenvalue weighted by Gasteiger charge is -2.46. The van der Waals surface area contributed by atoms with Crippen LogP contribution >= 0.6 is 0 Å². The number of rotatable bonds is 7. The molecule has 0 unspecified atom stereocenters. The monoisotopic (exact) mass is 449 g/mol. The maximum atomic E-state index is 7.73. The fourth-order valence-corrected chi connectivity index (χ4v) is 8.53. The summed E-state index contributed by atoms with van der Waals surface area (Å²) in [6.45, 7) is 3.37. The highest BCUT2D eigenvalue weighted by atomic mass is 28.4. The molecule has 0 bridgehead atoms. The molecule has 0 radical (unpaired) electrons. The van der Waals surface area contributed by atoms with Crippen LogP contribution in [0.2, 0.25) is 6.55 Å². The number of benzene rings is 4. The van der Waals surface area contributed by atoms with Crippen molar-refractivity contribution in [3.63, 3.8) is 0 Å². The van der Waals surface area contributed by atoms with Crippen molar-refractivity contribution < 1.29 is 4.43 Å². The first-order chi connectivity index (χ1) is 16.2. The number of hydrogen-bond acceptors (Lipinski definition) is 2. The zero-order valence-corrected chi connectivity index (χ0v) is 20.2. The van der Waals surface area contributed by atoms with Gasteiger partial charge in [-0.3, -0.25) is 0 Å². The number of nitrogens with one attached hydrogen (secondary N) is 1. The predicted molar refractivity (Wildman–Crippen MR) is 140 cm³/mol. The summed E-state index contributed by atoms with van der Waals surface area (Å²) in [5.41, 5.74) is 1.83. The van der Waals surface area contributed by atoms with E-state index in [0.29, 0.717) is 0 Å². The Bertz CT molecular complexity index is 1060. The van der Waals surface area contributed by atoms with Crippen molar-refractivity contribution in [2.45, 2.75) is 31.0 Å². The first-order valence-electron chi connectivity index (χ1n) is 11.9. The van der Waals surface area contributed by atoms with E-state index in [1.807, 2.05) is 0 Å². The second-order valence-corrected chi connectivity index (χ2v) is 12.4. The van der Waals surface area contributed by atoms with E-state index in [0.717, 1.165) is 19.4 Å². The third-order valence-corrected chi connectivity index (χ3v) is 10.6. The van der Waals surface area contributed by atoms with Crippen LogP contribution in [0.15, 0.2) is 121 Å². The standard InChI is InChI=1S/C30H31NOSi/c1-33(27-19-10-4-11-20-27,28-21-12-5-13-22-28)32-30(29-23-14-24-31-29,25-15-6-2-7-16-25)26-17-8-3-9-18-26/h2-13,15-22,29,31H,14,23-24H2,1H3/t29-/m0/s1. The van der Waals surface area contributed by atoms with E-state index in [-0.39, 0.29) is 6.04 Å². The maximum absolute atomic E-state index is 7.73. The maximum Gasteiger partial charge on any atom is 0.254 e. The summed E-state index contributed by atoms with van der Waals surface area (Å²) in [4.78, 5) is 0. The van der Waals surface area contributed by atoms with Crippen LogP contribution in [-0.2, 0) is 10.0 Å². The summed E-state index contributed by atoms with van der Waals surface area (Å²) in [5, 5.41) is 6.38. The molecular formula is C30H31NOSi. The minimum Gasteiger partial charge on any atom is -0.393 e. The van der Waals surface area contributed by atoms with Crippen molar-refractivity contribution in [1.82, 2.24) is 5.32 Å². The Morgan fingerprint density at radius 3 is 1.48 bits per heavy atom. The van der Waals surface area contributed by atoms with E-state index in [9.17, 15) is 0 Å². The molecule has 1 heterocycles. The van der Waals surface area contributed by atoms with Crippen molar-refractivity contribution in [1.29, 1.82) is 0 Å². The molecular weight excluding hydrogens is 418 g/mol. The highest BCUT2D eigenvalue weighted by Gasteiger charge is 2.50. The molecule has 1 saturated heterocycles. The first kappa shape index (κ1) is 21.8. The van der Waals surface area contributed by atoms with E-state index >= 15 is 0 Å². The van der Waals surface area contributed by atoms with E-state index in [4.69, 9.17) is 4.43 Å². The Morgan fingerprint density at radius 1 is 0.667 bits per heavy atom. The summed E-state index contributed by atoms with van der Waals surface area (Å²) < 4.78 is 7.73. The molecule has 0 spiro atoms. The molecule has 1 atom stereocenters. The molecule has 1 N–H and O–H groups in total. The van der Waals surface area contributed by atoms with Gasteiger partial charge in [0.1, 0.15) is 5.60 Å². The van der Waals surface area contributed by atoms with Crippen LogP contribution in [0, 0.1) is 0 Å². The molecule has 1 aliphatic rings. The van der Waals surface area contributed by atoms with Crippen molar-refractivity contribution in [3.05, 3.63) is 132 Å². The average Bonchev–Trinajstić information content (AvgIpc) is 3.45. The minimum absolute atomic E-state index is 0.196. The zero-order chi connectivity index (χ0) is 22.6. The highest BCUT2D eigenvalue weighted by molar-refractivity contribution is 6.96. The fourth-order valence-electron chi connectivity index (χ4n) is 5.28. The van der Waals surface area contributed by atoms with Gasteiger partial charge in [0.25, 0.3) is 8.32 Å². The molecule has 1 fully saturated rings. The van der Waals surface area contributed by atoms with Gasteiger partial charge >= 0.3 is 0 Å². The van der Waals surface area contributed by atoms with Gasteiger partial charge in [-0.1, -0.05) is 121 Å². The van der Waals surface area contributed by atoms with E-state index in [1.165, 1.54) is 21.5 Å². The Labute approximate surface area is 198 Å². The van der Waals surface area contributed by atoms with Crippen molar-refractivity contribution in [2.75, 3.05) is 6.54 Å². The summed E-state index contributed by atoms with van der Waals surface area (Å²) in [6.07, 6.45) is 2.24. The first-order valence-corrected chi connectivity index (χ1v) is 14.3. The lowest BCUT2D eigenvalue weighted by molar-refractivity contribution is 0.0679.